The first-order valence-corrected chi connectivity index (χ1v) is 5.15. The number of hydrogen-bond acceptors (Lipinski definition) is 3. The molecule has 1 aromatic rings. The molecule has 5 heteroatoms. The summed E-state index contributed by atoms with van der Waals surface area (Å²) in [5, 5.41) is 4.71. The molecule has 0 aliphatic carbocycles. The van der Waals surface area contributed by atoms with Gasteiger partial charge in [0.05, 0.1) is 0 Å². The normalized spacial score (nSPS) is 11.3. The Kier molecular flexibility index (Phi) is 2.58. The lowest BCUT2D eigenvalue weighted by Gasteiger charge is -2.04. The topological polar surface area (TPSA) is 69.4 Å². The number of rotatable bonds is 2. The molecule has 1 rings (SSSR count). The van der Waals surface area contributed by atoms with Crippen molar-refractivity contribution in [1.82, 2.24) is 0 Å². The Morgan fingerprint density at radius 1 is 1.23 bits per heavy atom. The van der Waals surface area contributed by atoms with Crippen molar-refractivity contribution in [3.05, 3.63) is 29.3 Å². The van der Waals surface area contributed by atoms with Gasteiger partial charge in [-0.2, -0.15) is 13.6 Å². The lowest BCUT2D eigenvalue weighted by molar-refractivity contribution is 0.487. The number of hydrogen-bond donors (Lipinski definition) is 1. The minimum Gasteiger partial charge on any atom is -0.371 e. The summed E-state index contributed by atoms with van der Waals surface area (Å²) in [7, 11) is -3.91. The van der Waals surface area contributed by atoms with Crippen LogP contribution in [0.4, 0.5) is 0 Å². The summed E-state index contributed by atoms with van der Waals surface area (Å²) in [6, 6.07) is 4.96. The fourth-order valence-electron chi connectivity index (χ4n) is 0.900. The van der Waals surface area contributed by atoms with Crippen LogP contribution in [0, 0.1) is 13.8 Å². The first-order valence-electron chi connectivity index (χ1n) is 3.68. The predicted octanol–water partition coefficient (Wildman–Crippen LogP) is 0.886. The van der Waals surface area contributed by atoms with Crippen LogP contribution in [0.5, 0.6) is 5.75 Å². The summed E-state index contributed by atoms with van der Waals surface area (Å²) in [5.74, 6) is 0.241. The molecule has 72 valence electrons. The molecule has 0 aliphatic heterocycles. The molecule has 0 saturated carbocycles. The van der Waals surface area contributed by atoms with Crippen LogP contribution >= 0.6 is 0 Å². The van der Waals surface area contributed by atoms with Crippen molar-refractivity contribution in [2.24, 2.45) is 5.14 Å². The van der Waals surface area contributed by atoms with Gasteiger partial charge >= 0.3 is 10.3 Å². The molecule has 1 aromatic carbocycles. The summed E-state index contributed by atoms with van der Waals surface area (Å²) in [5.41, 5.74) is 2.03. The maximum Gasteiger partial charge on any atom is 0.380 e. The zero-order valence-corrected chi connectivity index (χ0v) is 8.26. The van der Waals surface area contributed by atoms with Gasteiger partial charge in [-0.05, 0) is 37.1 Å². The molecule has 13 heavy (non-hydrogen) atoms. The van der Waals surface area contributed by atoms with Crippen molar-refractivity contribution in [3.63, 3.8) is 0 Å². The average Bonchev–Trinajstić information content (AvgIpc) is 1.94. The second kappa shape index (κ2) is 3.35. The third-order valence-corrected chi connectivity index (χ3v) is 2.12. The minimum atomic E-state index is -3.91. The molecule has 0 fully saturated rings. The zero-order chi connectivity index (χ0) is 10.1. The fourth-order valence-corrected chi connectivity index (χ4v) is 1.27. The van der Waals surface area contributed by atoms with E-state index >= 15 is 0 Å². The number of benzene rings is 1. The molecule has 0 radical (unpaired) electrons. The van der Waals surface area contributed by atoms with Crippen molar-refractivity contribution in [3.8, 4) is 5.75 Å². The Balaban J connectivity index is 2.99. The lowest BCUT2D eigenvalue weighted by atomic mass is 10.1. The SMILES string of the molecule is Cc1ccc(OS(N)(=O)=O)cc1C. The van der Waals surface area contributed by atoms with E-state index in [0.717, 1.165) is 11.1 Å². The Morgan fingerprint density at radius 2 is 1.85 bits per heavy atom. The third-order valence-electron chi connectivity index (χ3n) is 1.69. The quantitative estimate of drug-likeness (QED) is 0.772. The molecular formula is C8H11NO3S. The van der Waals surface area contributed by atoms with Crippen LogP contribution in [-0.2, 0) is 10.3 Å². The number of nitrogens with two attached hydrogens (primary N) is 1. The Morgan fingerprint density at radius 3 is 2.31 bits per heavy atom. The maximum absolute atomic E-state index is 10.6. The second-order valence-corrected chi connectivity index (χ2v) is 3.97. The van der Waals surface area contributed by atoms with Gasteiger partial charge in [-0.3, -0.25) is 0 Å². The van der Waals surface area contributed by atoms with E-state index < -0.39 is 10.3 Å². The number of aryl methyl sites for hydroxylation is 2. The summed E-state index contributed by atoms with van der Waals surface area (Å²) in [6.07, 6.45) is 0. The highest BCUT2D eigenvalue weighted by Crippen LogP contribution is 2.16. The van der Waals surface area contributed by atoms with Crippen molar-refractivity contribution in [2.75, 3.05) is 0 Å². The predicted molar refractivity (Wildman–Crippen MR) is 49.7 cm³/mol. The van der Waals surface area contributed by atoms with Crippen LogP contribution in [0.15, 0.2) is 18.2 Å². The van der Waals surface area contributed by atoms with E-state index in [-0.39, 0.29) is 5.75 Å². The van der Waals surface area contributed by atoms with Gasteiger partial charge in [-0.1, -0.05) is 6.07 Å². The molecule has 0 unspecified atom stereocenters. The van der Waals surface area contributed by atoms with Crippen LogP contribution in [0.2, 0.25) is 0 Å². The standard InChI is InChI=1S/C8H11NO3S/c1-6-3-4-8(5-7(6)2)12-13(9,10)11/h3-5H,1-2H3,(H2,9,10,11). The highest BCUT2D eigenvalue weighted by Gasteiger charge is 2.04. The van der Waals surface area contributed by atoms with Crippen molar-refractivity contribution >= 4 is 10.3 Å². The average molecular weight is 201 g/mol. The molecule has 0 spiro atoms. The Hall–Kier alpha value is -1.07. The van der Waals surface area contributed by atoms with E-state index in [0.29, 0.717) is 0 Å². The molecule has 0 aliphatic rings. The minimum absolute atomic E-state index is 0.241. The molecule has 0 amide bonds. The van der Waals surface area contributed by atoms with E-state index in [1.807, 2.05) is 13.8 Å². The summed E-state index contributed by atoms with van der Waals surface area (Å²) in [4.78, 5) is 0. The second-order valence-electron chi connectivity index (χ2n) is 2.82. The van der Waals surface area contributed by atoms with Gasteiger partial charge in [0.1, 0.15) is 5.75 Å². The highest BCUT2D eigenvalue weighted by atomic mass is 32.2. The van der Waals surface area contributed by atoms with Crippen LogP contribution in [0.1, 0.15) is 11.1 Å². The fraction of sp³-hybridized carbons (Fsp3) is 0.250. The van der Waals surface area contributed by atoms with Crippen molar-refractivity contribution in [2.45, 2.75) is 13.8 Å². The van der Waals surface area contributed by atoms with Crippen molar-refractivity contribution in [1.29, 1.82) is 0 Å². The van der Waals surface area contributed by atoms with Crippen molar-refractivity contribution < 1.29 is 12.6 Å². The lowest BCUT2D eigenvalue weighted by Crippen LogP contribution is -2.18. The first kappa shape index (κ1) is 10.0. The molecule has 0 bridgehead atoms. The molecule has 0 aromatic heterocycles. The van der Waals surface area contributed by atoms with Crippen LogP contribution in [-0.4, -0.2) is 8.42 Å². The van der Waals surface area contributed by atoms with Crippen LogP contribution in [0.3, 0.4) is 0 Å². The molecule has 0 saturated heterocycles. The van der Waals surface area contributed by atoms with Gasteiger partial charge in [-0.25, -0.2) is 0 Å². The summed E-state index contributed by atoms with van der Waals surface area (Å²) >= 11 is 0. The van der Waals surface area contributed by atoms with E-state index in [9.17, 15) is 8.42 Å². The molecule has 2 N–H and O–H groups in total. The molecular weight excluding hydrogens is 190 g/mol. The molecule has 0 heterocycles. The Labute approximate surface area is 77.6 Å². The van der Waals surface area contributed by atoms with Gasteiger partial charge in [-0.15, -0.1) is 0 Å². The zero-order valence-electron chi connectivity index (χ0n) is 7.44. The van der Waals surface area contributed by atoms with Gasteiger partial charge in [0.15, 0.2) is 0 Å². The van der Waals surface area contributed by atoms with Gasteiger partial charge in [0.2, 0.25) is 0 Å². The first-order chi connectivity index (χ1) is 5.88. The summed E-state index contributed by atoms with van der Waals surface area (Å²) < 4.78 is 25.6. The monoisotopic (exact) mass is 201 g/mol. The van der Waals surface area contributed by atoms with Gasteiger partial charge in [0.25, 0.3) is 0 Å². The molecule has 4 nitrogen and oxygen atoms in total. The van der Waals surface area contributed by atoms with Gasteiger partial charge < -0.3 is 4.18 Å². The Bertz CT molecular complexity index is 411. The smallest absolute Gasteiger partial charge is 0.371 e. The van der Waals surface area contributed by atoms with E-state index in [1.165, 1.54) is 0 Å². The largest absolute Gasteiger partial charge is 0.380 e. The van der Waals surface area contributed by atoms with E-state index in [1.54, 1.807) is 18.2 Å². The highest BCUT2D eigenvalue weighted by molar-refractivity contribution is 7.84. The van der Waals surface area contributed by atoms with Crippen LogP contribution < -0.4 is 9.32 Å². The third kappa shape index (κ3) is 3.04. The van der Waals surface area contributed by atoms with E-state index in [4.69, 9.17) is 5.14 Å². The molecule has 0 atom stereocenters. The van der Waals surface area contributed by atoms with Gasteiger partial charge in [0, 0.05) is 0 Å². The maximum atomic E-state index is 10.6. The summed E-state index contributed by atoms with van der Waals surface area (Å²) in [6.45, 7) is 3.79. The van der Waals surface area contributed by atoms with Crippen LogP contribution in [0.25, 0.3) is 0 Å². The van der Waals surface area contributed by atoms with E-state index in [2.05, 4.69) is 4.18 Å².